The summed E-state index contributed by atoms with van der Waals surface area (Å²) in [5, 5.41) is 12.8. The van der Waals surface area contributed by atoms with Crippen molar-refractivity contribution in [3.8, 4) is 6.07 Å². The van der Waals surface area contributed by atoms with E-state index in [2.05, 4.69) is 35.4 Å². The van der Waals surface area contributed by atoms with Crippen LogP contribution in [0.15, 0.2) is 53.8 Å². The van der Waals surface area contributed by atoms with Gasteiger partial charge in [0.05, 0.1) is 29.5 Å². The highest BCUT2D eigenvalue weighted by Gasteiger charge is 2.40. The molecule has 0 spiro atoms. The molecule has 1 amide bonds. The third-order valence-corrected chi connectivity index (χ3v) is 5.00. The molecule has 2 aliphatic rings. The normalized spacial score (nSPS) is 20.7. The SMILES string of the molecule is CCC(=O)Nc1ccc(C2=C(C#N)C3C=CC(OC(C)C)=CC3N2CC)cc1. The molecular formula is C23H27N3O2. The average molecular weight is 377 g/mol. The first kappa shape index (κ1) is 19.8. The highest BCUT2D eigenvalue weighted by molar-refractivity contribution is 5.90. The smallest absolute Gasteiger partial charge is 0.224 e. The van der Waals surface area contributed by atoms with Crippen LogP contribution in [0.2, 0.25) is 0 Å². The number of benzene rings is 1. The van der Waals surface area contributed by atoms with Crippen LogP contribution in [-0.2, 0) is 9.53 Å². The second-order valence-corrected chi connectivity index (χ2v) is 7.25. The molecule has 1 N–H and O–H groups in total. The number of carbonyl (C=O) groups excluding carboxylic acids is 1. The Morgan fingerprint density at radius 3 is 2.57 bits per heavy atom. The van der Waals surface area contributed by atoms with E-state index >= 15 is 0 Å². The highest BCUT2D eigenvalue weighted by Crippen LogP contribution is 2.43. The highest BCUT2D eigenvalue weighted by atomic mass is 16.5. The first-order chi connectivity index (χ1) is 13.5. The number of anilines is 1. The molecule has 1 aliphatic heterocycles. The van der Waals surface area contributed by atoms with Crippen molar-refractivity contribution in [2.75, 3.05) is 11.9 Å². The van der Waals surface area contributed by atoms with Crippen LogP contribution >= 0.6 is 0 Å². The van der Waals surface area contributed by atoms with Crippen molar-refractivity contribution in [3.05, 3.63) is 59.4 Å². The predicted octanol–water partition coefficient (Wildman–Crippen LogP) is 4.47. The van der Waals surface area contributed by atoms with E-state index in [0.29, 0.717) is 6.42 Å². The van der Waals surface area contributed by atoms with Gasteiger partial charge in [0, 0.05) is 24.6 Å². The summed E-state index contributed by atoms with van der Waals surface area (Å²) in [7, 11) is 0. The summed E-state index contributed by atoms with van der Waals surface area (Å²) in [5.74, 6) is 0.865. The van der Waals surface area contributed by atoms with E-state index in [9.17, 15) is 10.1 Å². The number of carbonyl (C=O) groups is 1. The second kappa shape index (κ2) is 8.35. The minimum Gasteiger partial charge on any atom is -0.491 e. The van der Waals surface area contributed by atoms with Gasteiger partial charge in [0.25, 0.3) is 0 Å². The molecule has 1 aromatic carbocycles. The largest absolute Gasteiger partial charge is 0.491 e. The number of hydrogen-bond donors (Lipinski definition) is 1. The van der Waals surface area contributed by atoms with E-state index in [4.69, 9.17) is 4.74 Å². The molecule has 0 bridgehead atoms. The van der Waals surface area contributed by atoms with E-state index in [1.807, 2.05) is 51.1 Å². The number of amides is 1. The molecule has 1 heterocycles. The third-order valence-electron chi connectivity index (χ3n) is 5.00. The number of nitrogens with zero attached hydrogens (tertiary/aromatic N) is 2. The van der Waals surface area contributed by atoms with Gasteiger partial charge in [0.15, 0.2) is 0 Å². The molecule has 2 atom stereocenters. The van der Waals surface area contributed by atoms with E-state index in [0.717, 1.165) is 34.8 Å². The summed E-state index contributed by atoms with van der Waals surface area (Å²) >= 11 is 0. The van der Waals surface area contributed by atoms with Crippen LogP contribution in [0.1, 0.15) is 39.7 Å². The van der Waals surface area contributed by atoms with Crippen molar-refractivity contribution in [2.24, 2.45) is 5.92 Å². The molecule has 0 aromatic heterocycles. The molecular weight excluding hydrogens is 350 g/mol. The quantitative estimate of drug-likeness (QED) is 0.794. The van der Waals surface area contributed by atoms with Crippen LogP contribution in [0.3, 0.4) is 0 Å². The standard InChI is InChI=1S/C23H27N3O2/c1-5-22(27)25-17-9-7-16(8-10-17)23-20(14-24)19-12-11-18(28-15(3)4)13-21(19)26(23)6-2/h7-13,15,19,21H,5-6H2,1-4H3,(H,25,27). The average Bonchev–Trinajstić information content (AvgIpc) is 3.00. The van der Waals surface area contributed by atoms with E-state index in [1.54, 1.807) is 0 Å². The van der Waals surface area contributed by atoms with Crippen LogP contribution < -0.4 is 5.32 Å². The summed E-state index contributed by atoms with van der Waals surface area (Å²) in [4.78, 5) is 13.9. The second-order valence-electron chi connectivity index (χ2n) is 7.25. The lowest BCUT2D eigenvalue weighted by molar-refractivity contribution is -0.115. The fourth-order valence-corrected chi connectivity index (χ4v) is 3.78. The number of nitriles is 1. The third kappa shape index (κ3) is 3.82. The Balaban J connectivity index is 1.94. The number of fused-ring (bicyclic) bond motifs is 1. The Kier molecular flexibility index (Phi) is 5.89. The zero-order valence-electron chi connectivity index (χ0n) is 16.9. The first-order valence-electron chi connectivity index (χ1n) is 9.86. The van der Waals surface area contributed by atoms with Crippen LogP contribution in [0.25, 0.3) is 5.70 Å². The van der Waals surface area contributed by atoms with Gasteiger partial charge in [-0.25, -0.2) is 0 Å². The molecule has 1 aromatic rings. The molecule has 2 unspecified atom stereocenters. The minimum absolute atomic E-state index is 0.0142. The molecule has 146 valence electrons. The summed E-state index contributed by atoms with van der Waals surface area (Å²) in [5.41, 5.74) is 3.48. The van der Waals surface area contributed by atoms with Gasteiger partial charge in [-0.05, 0) is 50.6 Å². The summed E-state index contributed by atoms with van der Waals surface area (Å²) in [6.45, 7) is 8.73. The van der Waals surface area contributed by atoms with Gasteiger partial charge in [0.2, 0.25) is 5.91 Å². The topological polar surface area (TPSA) is 65.4 Å². The molecule has 0 saturated heterocycles. The van der Waals surface area contributed by atoms with Crippen LogP contribution in [0.4, 0.5) is 5.69 Å². The maximum absolute atomic E-state index is 11.6. The van der Waals surface area contributed by atoms with Crippen LogP contribution in [-0.4, -0.2) is 29.5 Å². The molecule has 1 aliphatic carbocycles. The Morgan fingerprint density at radius 1 is 1.29 bits per heavy atom. The Bertz CT molecular complexity index is 872. The number of allylic oxidation sites excluding steroid dienone is 1. The van der Waals surface area contributed by atoms with Gasteiger partial charge in [-0.15, -0.1) is 0 Å². The van der Waals surface area contributed by atoms with Crippen molar-refractivity contribution in [1.82, 2.24) is 4.90 Å². The lowest BCUT2D eigenvalue weighted by atomic mass is 9.90. The fourth-order valence-electron chi connectivity index (χ4n) is 3.78. The number of nitrogens with one attached hydrogen (secondary N) is 1. The summed E-state index contributed by atoms with van der Waals surface area (Å²) in [6.07, 6.45) is 6.72. The van der Waals surface area contributed by atoms with Crippen molar-refractivity contribution in [2.45, 2.75) is 46.3 Å². The van der Waals surface area contributed by atoms with Gasteiger partial charge in [-0.3, -0.25) is 4.79 Å². The summed E-state index contributed by atoms with van der Waals surface area (Å²) in [6, 6.07) is 10.2. The number of likely N-dealkylation sites (N-methyl/N-ethyl adjacent to an activating group) is 1. The first-order valence-corrected chi connectivity index (χ1v) is 9.86. The van der Waals surface area contributed by atoms with Gasteiger partial charge in [-0.2, -0.15) is 5.26 Å². The van der Waals surface area contributed by atoms with Crippen LogP contribution in [0, 0.1) is 17.2 Å². The van der Waals surface area contributed by atoms with Crippen molar-refractivity contribution in [1.29, 1.82) is 5.26 Å². The van der Waals surface area contributed by atoms with Gasteiger partial charge < -0.3 is 15.0 Å². The minimum atomic E-state index is -0.0142. The van der Waals surface area contributed by atoms with E-state index < -0.39 is 0 Å². The Morgan fingerprint density at radius 2 is 2.00 bits per heavy atom. The molecule has 5 heteroatoms. The molecule has 0 saturated carbocycles. The molecule has 0 radical (unpaired) electrons. The van der Waals surface area contributed by atoms with Gasteiger partial charge in [-0.1, -0.05) is 25.1 Å². The van der Waals surface area contributed by atoms with Crippen molar-refractivity contribution >= 4 is 17.3 Å². The zero-order valence-corrected chi connectivity index (χ0v) is 16.9. The number of rotatable bonds is 6. The molecule has 5 nitrogen and oxygen atoms in total. The zero-order chi connectivity index (χ0) is 20.3. The lowest BCUT2D eigenvalue weighted by Gasteiger charge is -2.31. The Labute approximate surface area is 167 Å². The monoisotopic (exact) mass is 377 g/mol. The number of ether oxygens (including phenoxy) is 1. The predicted molar refractivity (Wildman–Crippen MR) is 111 cm³/mol. The fraction of sp³-hybridized carbons (Fsp3) is 0.391. The maximum atomic E-state index is 11.6. The van der Waals surface area contributed by atoms with Crippen molar-refractivity contribution in [3.63, 3.8) is 0 Å². The maximum Gasteiger partial charge on any atom is 0.224 e. The lowest BCUT2D eigenvalue weighted by Crippen LogP contribution is -2.33. The van der Waals surface area contributed by atoms with E-state index in [-0.39, 0.29) is 24.0 Å². The van der Waals surface area contributed by atoms with E-state index in [1.165, 1.54) is 0 Å². The molecule has 0 fully saturated rings. The Hall–Kier alpha value is -3.00. The van der Waals surface area contributed by atoms with Crippen molar-refractivity contribution < 1.29 is 9.53 Å². The van der Waals surface area contributed by atoms with Gasteiger partial charge in [0.1, 0.15) is 5.76 Å². The van der Waals surface area contributed by atoms with Gasteiger partial charge >= 0.3 is 0 Å². The molecule has 28 heavy (non-hydrogen) atoms. The van der Waals surface area contributed by atoms with Crippen LogP contribution in [0.5, 0.6) is 0 Å². The number of hydrogen-bond acceptors (Lipinski definition) is 4. The molecule has 3 rings (SSSR count). The summed E-state index contributed by atoms with van der Waals surface area (Å²) < 4.78 is 5.87.